The lowest BCUT2D eigenvalue weighted by Gasteiger charge is -2.37. The lowest BCUT2D eigenvalue weighted by molar-refractivity contribution is -0.146. The summed E-state index contributed by atoms with van der Waals surface area (Å²) in [6.45, 7) is 4.18. The van der Waals surface area contributed by atoms with E-state index in [0.29, 0.717) is 24.5 Å². The van der Waals surface area contributed by atoms with Crippen molar-refractivity contribution in [2.75, 3.05) is 18.0 Å². The van der Waals surface area contributed by atoms with Gasteiger partial charge in [-0.2, -0.15) is 17.7 Å². The van der Waals surface area contributed by atoms with Crippen molar-refractivity contribution in [3.8, 4) is 0 Å². The first-order chi connectivity index (χ1) is 9.29. The van der Waals surface area contributed by atoms with Crippen LogP contribution >= 0.6 is 0 Å². The van der Waals surface area contributed by atoms with Gasteiger partial charge >= 0.3 is 6.18 Å². The summed E-state index contributed by atoms with van der Waals surface area (Å²) >= 11 is 0. The lowest BCUT2D eigenvalue weighted by atomic mass is 10.1. The number of hydrogen-bond acceptors (Lipinski definition) is 5. The Morgan fingerprint density at radius 1 is 1.15 bits per heavy atom. The molecule has 0 amide bonds. The van der Waals surface area contributed by atoms with Crippen LogP contribution in [0.25, 0.3) is 5.65 Å². The van der Waals surface area contributed by atoms with Gasteiger partial charge in [0.2, 0.25) is 0 Å². The molecule has 0 aromatic carbocycles. The Morgan fingerprint density at radius 2 is 1.80 bits per heavy atom. The molecule has 1 aliphatic rings. The monoisotopic (exact) mass is 287 g/mol. The van der Waals surface area contributed by atoms with E-state index in [-0.39, 0.29) is 5.65 Å². The van der Waals surface area contributed by atoms with E-state index in [1.165, 1.54) is 0 Å². The van der Waals surface area contributed by atoms with Crippen LogP contribution in [0.15, 0.2) is 0 Å². The zero-order valence-corrected chi connectivity index (χ0v) is 10.8. The number of aromatic nitrogens is 4. The van der Waals surface area contributed by atoms with Crippen LogP contribution in [0.3, 0.4) is 0 Å². The van der Waals surface area contributed by atoms with Crippen molar-refractivity contribution in [1.29, 1.82) is 0 Å². The lowest BCUT2D eigenvalue weighted by Crippen LogP contribution is -2.51. The Hall–Kier alpha value is -1.90. The van der Waals surface area contributed by atoms with Crippen molar-refractivity contribution in [2.24, 2.45) is 0 Å². The van der Waals surface area contributed by atoms with E-state index in [2.05, 4.69) is 15.3 Å². The summed E-state index contributed by atoms with van der Waals surface area (Å²) in [5.74, 6) is -0.719. The number of aliphatic hydroxyl groups is 1. The van der Waals surface area contributed by atoms with Gasteiger partial charge in [0.15, 0.2) is 11.5 Å². The quantitative estimate of drug-likeness (QED) is 0.845. The van der Waals surface area contributed by atoms with Gasteiger partial charge in [-0.25, -0.2) is 0 Å². The first-order valence-electron chi connectivity index (χ1n) is 6.02. The average Bonchev–Trinajstić information content (AvgIpc) is 2.73. The summed E-state index contributed by atoms with van der Waals surface area (Å²) < 4.78 is 39.3. The minimum absolute atomic E-state index is 0.0969. The summed E-state index contributed by atoms with van der Waals surface area (Å²) in [7, 11) is 0. The predicted octanol–water partition coefficient (Wildman–Crippen LogP) is 0.941. The molecule has 3 rings (SSSR count). The van der Waals surface area contributed by atoms with Gasteiger partial charge in [-0.15, -0.1) is 15.3 Å². The number of anilines is 1. The highest BCUT2D eigenvalue weighted by Gasteiger charge is 2.39. The molecule has 0 saturated carbocycles. The number of aliphatic hydroxyl groups excluding tert-OH is 1. The molecular weight excluding hydrogens is 275 g/mol. The fraction of sp³-hybridized carbons (Fsp3) is 0.545. The molecule has 0 radical (unpaired) electrons. The number of halogens is 3. The van der Waals surface area contributed by atoms with Gasteiger partial charge < -0.3 is 10.0 Å². The van der Waals surface area contributed by atoms with Crippen LogP contribution in [-0.4, -0.2) is 44.1 Å². The number of hydrogen-bond donors (Lipinski definition) is 1. The Bertz CT molecular complexity index is 675. The topological polar surface area (TPSA) is 66.5 Å². The summed E-state index contributed by atoms with van der Waals surface area (Å²) in [6.07, 6.45) is -5.07. The van der Waals surface area contributed by atoms with Gasteiger partial charge in [0.25, 0.3) is 5.82 Å². The molecule has 3 heterocycles. The van der Waals surface area contributed by atoms with Gasteiger partial charge in [0.05, 0.1) is 6.10 Å². The molecule has 1 fully saturated rings. The normalized spacial score (nSPS) is 16.8. The third kappa shape index (κ3) is 1.80. The molecule has 6 nitrogen and oxygen atoms in total. The van der Waals surface area contributed by atoms with Crippen molar-refractivity contribution >= 4 is 11.5 Å². The highest BCUT2D eigenvalue weighted by Crippen LogP contribution is 2.31. The highest BCUT2D eigenvalue weighted by atomic mass is 19.4. The number of rotatable bonds is 1. The summed E-state index contributed by atoms with van der Waals surface area (Å²) in [5.41, 5.74) is 1.43. The minimum atomic E-state index is -4.61. The van der Waals surface area contributed by atoms with E-state index in [1.807, 2.05) is 0 Å². The zero-order chi connectivity index (χ0) is 14.7. The number of nitrogens with zero attached hydrogens (tertiary/aromatic N) is 5. The maximum absolute atomic E-state index is 12.9. The molecule has 2 aromatic heterocycles. The van der Waals surface area contributed by atoms with E-state index in [1.54, 1.807) is 18.7 Å². The van der Waals surface area contributed by atoms with Gasteiger partial charge in [-0.1, -0.05) is 0 Å². The fourth-order valence-corrected chi connectivity index (χ4v) is 2.22. The Balaban J connectivity index is 2.19. The van der Waals surface area contributed by atoms with E-state index in [4.69, 9.17) is 0 Å². The van der Waals surface area contributed by atoms with E-state index in [0.717, 1.165) is 10.1 Å². The molecule has 9 heteroatoms. The van der Waals surface area contributed by atoms with Crippen LogP contribution in [0.4, 0.5) is 19.0 Å². The predicted molar refractivity (Wildman–Crippen MR) is 63.5 cm³/mol. The van der Waals surface area contributed by atoms with Crippen LogP contribution in [0.1, 0.15) is 17.0 Å². The van der Waals surface area contributed by atoms with Crippen molar-refractivity contribution in [3.63, 3.8) is 0 Å². The summed E-state index contributed by atoms with van der Waals surface area (Å²) in [6, 6.07) is 0. The molecule has 2 aromatic rings. The maximum Gasteiger partial charge on any atom is 0.453 e. The largest absolute Gasteiger partial charge is 0.453 e. The maximum atomic E-state index is 12.9. The van der Waals surface area contributed by atoms with Crippen LogP contribution in [-0.2, 0) is 6.18 Å². The second-order valence-electron chi connectivity index (χ2n) is 4.89. The summed E-state index contributed by atoms with van der Waals surface area (Å²) in [5, 5.41) is 20.1. The highest BCUT2D eigenvalue weighted by molar-refractivity contribution is 5.60. The number of alkyl halides is 3. The molecular formula is C11H12F3N5O. The van der Waals surface area contributed by atoms with Gasteiger partial charge in [0, 0.05) is 24.2 Å². The van der Waals surface area contributed by atoms with E-state index >= 15 is 0 Å². The van der Waals surface area contributed by atoms with Crippen LogP contribution < -0.4 is 4.90 Å². The van der Waals surface area contributed by atoms with Crippen molar-refractivity contribution < 1.29 is 18.3 Å². The summed E-state index contributed by atoms with van der Waals surface area (Å²) in [4.78, 5) is 1.73. The van der Waals surface area contributed by atoms with Crippen molar-refractivity contribution in [1.82, 2.24) is 19.8 Å². The number of β-amino-alcohol motifs (C(OH)–C–C–N with tert-alkyl or cyclic N) is 1. The third-order valence-electron chi connectivity index (χ3n) is 3.48. The fourth-order valence-electron chi connectivity index (χ4n) is 2.22. The second-order valence-corrected chi connectivity index (χ2v) is 4.89. The smallest absolute Gasteiger partial charge is 0.389 e. The number of fused-ring (bicyclic) bond motifs is 1. The molecule has 0 unspecified atom stereocenters. The van der Waals surface area contributed by atoms with E-state index in [9.17, 15) is 18.3 Å². The minimum Gasteiger partial charge on any atom is -0.389 e. The van der Waals surface area contributed by atoms with Crippen molar-refractivity contribution in [3.05, 3.63) is 17.0 Å². The van der Waals surface area contributed by atoms with Gasteiger partial charge in [-0.05, 0) is 13.8 Å². The molecule has 0 spiro atoms. The van der Waals surface area contributed by atoms with Gasteiger partial charge in [-0.3, -0.25) is 0 Å². The SMILES string of the molecule is Cc1c(N2CC(O)C2)nn2c(C(F)(F)F)nnc2c1C. The van der Waals surface area contributed by atoms with Crippen LogP contribution in [0.5, 0.6) is 0 Å². The standard InChI is InChI=1S/C11H12F3N5O/c1-5-6(2)9(18-3-7(20)4-18)17-19-8(5)15-16-10(19)11(12,13)14/h7,20H,3-4H2,1-2H3. The molecule has 0 atom stereocenters. The average molecular weight is 287 g/mol. The molecule has 20 heavy (non-hydrogen) atoms. The third-order valence-corrected chi connectivity index (χ3v) is 3.48. The molecule has 0 aliphatic carbocycles. The molecule has 1 saturated heterocycles. The number of aryl methyl sites for hydroxylation is 1. The second kappa shape index (κ2) is 4.05. The molecule has 0 bridgehead atoms. The van der Waals surface area contributed by atoms with E-state index < -0.39 is 18.1 Å². The molecule has 108 valence electrons. The Morgan fingerprint density at radius 3 is 2.35 bits per heavy atom. The van der Waals surface area contributed by atoms with Gasteiger partial charge in [0.1, 0.15) is 0 Å². The van der Waals surface area contributed by atoms with Crippen LogP contribution in [0.2, 0.25) is 0 Å². The molecule has 1 N–H and O–H groups in total. The van der Waals surface area contributed by atoms with Crippen molar-refractivity contribution in [2.45, 2.75) is 26.1 Å². The zero-order valence-electron chi connectivity index (χ0n) is 10.8. The Labute approximate surface area is 111 Å². The molecule has 1 aliphatic heterocycles. The first kappa shape index (κ1) is 13.1. The van der Waals surface area contributed by atoms with Crippen LogP contribution in [0, 0.1) is 13.8 Å². The first-order valence-corrected chi connectivity index (χ1v) is 6.02. The Kier molecular flexibility index (Phi) is 2.65.